The average molecular weight is 305 g/mol. The van der Waals surface area contributed by atoms with Crippen LogP contribution >= 0.6 is 12.2 Å². The molecule has 1 N–H and O–H groups in total. The first kappa shape index (κ1) is 13.8. The zero-order chi connectivity index (χ0) is 14.7. The Kier molecular flexibility index (Phi) is 4.03. The van der Waals surface area contributed by atoms with Crippen molar-refractivity contribution in [2.24, 2.45) is 0 Å². The summed E-state index contributed by atoms with van der Waals surface area (Å²) in [5.41, 5.74) is 3.13. The van der Waals surface area contributed by atoms with Crippen LogP contribution in [0.2, 0.25) is 0 Å². The molecule has 0 saturated carbocycles. The molecule has 21 heavy (non-hydrogen) atoms. The van der Waals surface area contributed by atoms with Crippen molar-refractivity contribution in [1.29, 1.82) is 0 Å². The lowest BCUT2D eigenvalue weighted by atomic mass is 10.1. The summed E-state index contributed by atoms with van der Waals surface area (Å²) in [7, 11) is 1.57. The molecule has 110 valence electrons. The molecule has 0 spiro atoms. The van der Waals surface area contributed by atoms with Gasteiger partial charge in [-0.1, -0.05) is 10.9 Å². The fraction of sp³-hybridized carbons (Fsp3) is 0.286. The molecule has 3 aromatic rings. The van der Waals surface area contributed by atoms with Crippen LogP contribution in [0, 0.1) is 4.84 Å². The van der Waals surface area contributed by atoms with Gasteiger partial charge >= 0.3 is 0 Å². The summed E-state index contributed by atoms with van der Waals surface area (Å²) < 4.78 is 9.95. The topological polar surface area (TPSA) is 65.2 Å². The Morgan fingerprint density at radius 2 is 2.29 bits per heavy atom. The number of aromatic nitrogens is 3. The zero-order valence-corrected chi connectivity index (χ0v) is 12.4. The lowest BCUT2D eigenvalue weighted by Gasteiger charge is -2.05. The molecule has 3 rings (SSSR count). The van der Waals surface area contributed by atoms with Gasteiger partial charge in [-0.05, 0) is 42.8 Å². The molecule has 0 amide bonds. The average Bonchev–Trinajstić information content (AvgIpc) is 3.09. The molecule has 2 heterocycles. The number of fused-ring (bicyclic) bond motifs is 1. The van der Waals surface area contributed by atoms with Crippen molar-refractivity contribution >= 4 is 23.1 Å². The molecule has 0 unspecified atom stereocenters. The third-order valence-corrected chi connectivity index (χ3v) is 3.34. The van der Waals surface area contributed by atoms with E-state index in [2.05, 4.69) is 22.2 Å². The molecule has 7 heteroatoms. The summed E-state index contributed by atoms with van der Waals surface area (Å²) in [4.78, 5) is 10.2. The Labute approximate surface area is 126 Å². The molecule has 0 radical (unpaired) electrons. The van der Waals surface area contributed by atoms with Crippen LogP contribution in [0.3, 0.4) is 0 Å². The summed E-state index contributed by atoms with van der Waals surface area (Å²) in [5.74, 6) is 0. The molecule has 0 aliphatic heterocycles. The largest absolute Gasteiger partial charge is 0.438 e. The highest BCUT2D eigenvalue weighted by molar-refractivity contribution is 7.71. The first-order chi connectivity index (χ1) is 10.3. The van der Waals surface area contributed by atoms with Gasteiger partial charge in [0.25, 0.3) is 4.84 Å². The van der Waals surface area contributed by atoms with E-state index in [1.54, 1.807) is 19.6 Å². The third kappa shape index (κ3) is 3.14. The van der Waals surface area contributed by atoms with Crippen LogP contribution in [0.25, 0.3) is 10.9 Å². The van der Waals surface area contributed by atoms with Crippen molar-refractivity contribution in [3.05, 3.63) is 46.8 Å². The highest BCUT2D eigenvalue weighted by atomic mass is 32.1. The van der Waals surface area contributed by atoms with Gasteiger partial charge in [-0.25, -0.2) is 0 Å². The van der Waals surface area contributed by atoms with Gasteiger partial charge in [0.15, 0.2) is 0 Å². The summed E-state index contributed by atoms with van der Waals surface area (Å²) in [6, 6.07) is 6.15. The molecule has 0 bridgehead atoms. The number of hydrogen-bond donors (Lipinski definition) is 1. The van der Waals surface area contributed by atoms with Gasteiger partial charge in [0.2, 0.25) is 6.79 Å². The van der Waals surface area contributed by atoms with Crippen LogP contribution in [0.1, 0.15) is 11.3 Å². The molecule has 6 nitrogen and oxygen atoms in total. The van der Waals surface area contributed by atoms with E-state index in [9.17, 15) is 0 Å². The first-order valence-electron chi connectivity index (χ1n) is 6.52. The number of ether oxygens (including phenoxy) is 1. The van der Waals surface area contributed by atoms with Crippen LogP contribution in [-0.4, -0.2) is 28.8 Å². The molecular weight excluding hydrogens is 290 g/mol. The summed E-state index contributed by atoms with van der Waals surface area (Å²) in [6.07, 6.45) is 5.18. The fourth-order valence-corrected chi connectivity index (χ4v) is 2.31. The number of benzene rings is 1. The maximum atomic E-state index is 5.33. The van der Waals surface area contributed by atoms with Crippen molar-refractivity contribution in [2.45, 2.75) is 12.8 Å². The van der Waals surface area contributed by atoms with Crippen LogP contribution in [0.5, 0.6) is 0 Å². The maximum absolute atomic E-state index is 5.33. The summed E-state index contributed by atoms with van der Waals surface area (Å²) in [5, 5.41) is 5.21. The number of aryl methyl sites for hydroxylation is 2. The van der Waals surface area contributed by atoms with Gasteiger partial charge in [0.1, 0.15) is 11.8 Å². The predicted octanol–water partition coefficient (Wildman–Crippen LogP) is 2.50. The Hall–Kier alpha value is -2.12. The van der Waals surface area contributed by atoms with E-state index in [0.29, 0.717) is 4.84 Å². The van der Waals surface area contributed by atoms with Crippen molar-refractivity contribution in [1.82, 2.24) is 14.9 Å². The lowest BCUT2D eigenvalue weighted by molar-refractivity contribution is -0.0464. The monoisotopic (exact) mass is 305 g/mol. The smallest absolute Gasteiger partial charge is 0.266 e. The number of aromatic amines is 1. The minimum atomic E-state index is 0.165. The molecule has 0 aliphatic rings. The van der Waals surface area contributed by atoms with E-state index >= 15 is 0 Å². The van der Waals surface area contributed by atoms with Crippen LogP contribution in [-0.2, 0) is 17.6 Å². The van der Waals surface area contributed by atoms with E-state index in [0.717, 1.165) is 29.4 Å². The number of nitrogens with one attached hydrogen (secondary N) is 1. The van der Waals surface area contributed by atoms with Gasteiger partial charge in [0.05, 0.1) is 11.9 Å². The second kappa shape index (κ2) is 6.11. The Bertz CT molecular complexity index is 790. The van der Waals surface area contributed by atoms with Gasteiger partial charge in [0, 0.05) is 12.5 Å². The quantitative estimate of drug-likeness (QED) is 0.560. The number of rotatable bonds is 6. The number of oxazole rings is 1. The molecule has 1 aromatic carbocycles. The summed E-state index contributed by atoms with van der Waals surface area (Å²) >= 11 is 4.91. The van der Waals surface area contributed by atoms with Crippen molar-refractivity contribution in [2.75, 3.05) is 13.9 Å². The SMILES string of the molecule is COCOn1ncc2cc(CCc3coc(=S)[nH]3)ccc21. The number of nitrogens with zero attached hydrogens (tertiary/aromatic N) is 2. The Morgan fingerprint density at radius 1 is 1.38 bits per heavy atom. The van der Waals surface area contributed by atoms with Crippen LogP contribution in [0.4, 0.5) is 0 Å². The van der Waals surface area contributed by atoms with E-state index in [-0.39, 0.29) is 6.79 Å². The van der Waals surface area contributed by atoms with Crippen molar-refractivity contribution in [3.63, 3.8) is 0 Å². The lowest BCUT2D eigenvalue weighted by Crippen LogP contribution is -2.14. The predicted molar refractivity (Wildman–Crippen MR) is 79.5 cm³/mol. The minimum absolute atomic E-state index is 0.165. The van der Waals surface area contributed by atoms with Crippen LogP contribution < -0.4 is 4.84 Å². The van der Waals surface area contributed by atoms with E-state index in [4.69, 9.17) is 26.2 Å². The Balaban J connectivity index is 1.73. The second-order valence-electron chi connectivity index (χ2n) is 4.62. The van der Waals surface area contributed by atoms with Crippen LogP contribution in [0.15, 0.2) is 35.1 Å². The molecule has 0 saturated heterocycles. The van der Waals surface area contributed by atoms with Gasteiger partial charge in [-0.15, -0.1) is 5.10 Å². The van der Waals surface area contributed by atoms with Gasteiger partial charge in [-0.2, -0.15) is 0 Å². The normalized spacial score (nSPS) is 11.1. The number of hydrogen-bond acceptors (Lipinski definition) is 5. The maximum Gasteiger partial charge on any atom is 0.266 e. The highest BCUT2D eigenvalue weighted by Gasteiger charge is 2.05. The minimum Gasteiger partial charge on any atom is -0.438 e. The van der Waals surface area contributed by atoms with Crippen molar-refractivity contribution in [3.8, 4) is 0 Å². The van der Waals surface area contributed by atoms with Gasteiger partial charge < -0.3 is 19.0 Å². The van der Waals surface area contributed by atoms with E-state index in [1.807, 2.05) is 6.07 Å². The molecule has 0 aliphatic carbocycles. The Morgan fingerprint density at radius 3 is 3.05 bits per heavy atom. The van der Waals surface area contributed by atoms with E-state index < -0.39 is 0 Å². The standard InChI is InChI=1S/C14H15N3O3S/c1-18-9-20-17-13-5-3-10(6-11(13)7-15-17)2-4-12-8-19-14(21)16-12/h3,5-8H,2,4,9H2,1H3,(H,16,21). The molecule has 0 atom stereocenters. The second-order valence-corrected chi connectivity index (χ2v) is 4.99. The number of H-pyrrole nitrogens is 1. The molecule has 2 aromatic heterocycles. The van der Waals surface area contributed by atoms with Crippen molar-refractivity contribution < 1.29 is 14.0 Å². The van der Waals surface area contributed by atoms with Gasteiger partial charge in [-0.3, -0.25) is 0 Å². The van der Waals surface area contributed by atoms with E-state index in [1.165, 1.54) is 10.4 Å². The first-order valence-corrected chi connectivity index (χ1v) is 6.92. The highest BCUT2D eigenvalue weighted by Crippen LogP contribution is 2.16. The number of methoxy groups -OCH3 is 1. The fourth-order valence-electron chi connectivity index (χ4n) is 2.13. The third-order valence-electron chi connectivity index (χ3n) is 3.15. The molecule has 0 fully saturated rings. The molecular formula is C14H15N3O3S. The zero-order valence-electron chi connectivity index (χ0n) is 11.5. The summed E-state index contributed by atoms with van der Waals surface area (Å²) in [6.45, 7) is 0.165.